The summed E-state index contributed by atoms with van der Waals surface area (Å²) in [6, 6.07) is 0. The number of carbonyl (C=O) groups is 1. The molecule has 8 rings (SSSR count). The second-order valence-electron chi connectivity index (χ2n) is 14.1. The Bertz CT molecular complexity index is 954. The summed E-state index contributed by atoms with van der Waals surface area (Å²) in [4.78, 5) is 12.6. The molecule has 0 aromatic heterocycles. The summed E-state index contributed by atoms with van der Waals surface area (Å²) < 4.78 is 41.3. The van der Waals surface area contributed by atoms with Gasteiger partial charge >= 0.3 is 6.18 Å². The Morgan fingerprint density at radius 3 is 1.72 bits per heavy atom. The maximum atomic E-state index is 13.8. The van der Waals surface area contributed by atoms with Gasteiger partial charge in [-0.2, -0.15) is 13.2 Å². The summed E-state index contributed by atoms with van der Waals surface area (Å²) in [7, 11) is 0. The maximum absolute atomic E-state index is 13.8. The average molecular weight is 503 g/mol. The van der Waals surface area contributed by atoms with E-state index in [2.05, 4.69) is 12.2 Å². The van der Waals surface area contributed by atoms with Crippen LogP contribution in [0.4, 0.5) is 13.2 Å². The lowest BCUT2D eigenvalue weighted by atomic mass is 9.66. The van der Waals surface area contributed by atoms with Gasteiger partial charge in [-0.3, -0.25) is 4.79 Å². The molecule has 6 fully saturated rings. The van der Waals surface area contributed by atoms with Crippen LogP contribution in [0.15, 0.2) is 24.3 Å². The Balaban J connectivity index is 0.000000125. The number of aliphatic hydroxyl groups is 1. The Morgan fingerprint density at radius 2 is 1.28 bits per heavy atom. The Kier molecular flexibility index (Phi) is 5.63. The molecular formula is C31H41F3O2. The van der Waals surface area contributed by atoms with Crippen molar-refractivity contribution in [3.63, 3.8) is 0 Å². The first-order valence-corrected chi connectivity index (χ1v) is 14.9. The van der Waals surface area contributed by atoms with Crippen molar-refractivity contribution in [2.24, 2.45) is 71.0 Å². The van der Waals surface area contributed by atoms with Gasteiger partial charge in [0.15, 0.2) is 5.60 Å². The number of allylic oxidation sites excluding steroid dienone is 4. The topological polar surface area (TPSA) is 37.3 Å². The second kappa shape index (κ2) is 8.45. The predicted molar refractivity (Wildman–Crippen MR) is 132 cm³/mol. The van der Waals surface area contributed by atoms with Gasteiger partial charge in [0, 0.05) is 17.8 Å². The highest BCUT2D eigenvalue weighted by atomic mass is 19.4. The van der Waals surface area contributed by atoms with E-state index in [1.807, 2.05) is 12.2 Å². The molecule has 6 saturated carbocycles. The van der Waals surface area contributed by atoms with Crippen molar-refractivity contribution in [1.82, 2.24) is 0 Å². The quantitative estimate of drug-likeness (QED) is 0.415. The fourth-order valence-electron chi connectivity index (χ4n) is 10.7. The highest BCUT2D eigenvalue weighted by Gasteiger charge is 2.68. The molecule has 198 valence electrons. The molecule has 0 saturated heterocycles. The number of carbonyl (C=O) groups excluding carboxylic acids is 1. The third kappa shape index (κ3) is 3.64. The molecule has 0 aromatic rings. The normalized spacial score (nSPS) is 50.7. The second-order valence-corrected chi connectivity index (χ2v) is 14.1. The molecule has 36 heavy (non-hydrogen) atoms. The van der Waals surface area contributed by atoms with Gasteiger partial charge in [-0.25, -0.2) is 0 Å². The molecule has 0 aromatic carbocycles. The molecule has 13 atom stereocenters. The molecule has 1 N–H and O–H groups in total. The summed E-state index contributed by atoms with van der Waals surface area (Å²) >= 11 is 0. The molecule has 0 heterocycles. The third-order valence-electron chi connectivity index (χ3n) is 12.3. The minimum Gasteiger partial charge on any atom is -0.380 e. The van der Waals surface area contributed by atoms with E-state index in [0.717, 1.165) is 43.4 Å². The number of alkyl halides is 3. The van der Waals surface area contributed by atoms with Crippen LogP contribution in [0.25, 0.3) is 0 Å². The lowest BCUT2D eigenvalue weighted by molar-refractivity contribution is -0.307. The summed E-state index contributed by atoms with van der Waals surface area (Å²) in [5, 5.41) is 10.8. The van der Waals surface area contributed by atoms with Crippen LogP contribution in [0, 0.1) is 71.0 Å². The fraction of sp³-hybridized carbons (Fsp3) is 0.839. The Labute approximate surface area is 213 Å². The molecule has 2 nitrogen and oxygen atoms in total. The van der Waals surface area contributed by atoms with Crippen molar-refractivity contribution >= 4 is 5.78 Å². The first kappa shape index (κ1) is 24.0. The molecule has 13 unspecified atom stereocenters. The van der Waals surface area contributed by atoms with Crippen molar-refractivity contribution in [1.29, 1.82) is 0 Å². The van der Waals surface area contributed by atoms with E-state index in [1.165, 1.54) is 38.5 Å². The van der Waals surface area contributed by atoms with E-state index < -0.39 is 23.6 Å². The van der Waals surface area contributed by atoms with E-state index in [0.29, 0.717) is 42.3 Å². The van der Waals surface area contributed by atoms with Gasteiger partial charge in [0.1, 0.15) is 5.78 Å². The fourth-order valence-corrected chi connectivity index (χ4v) is 10.7. The molecule has 0 aliphatic heterocycles. The van der Waals surface area contributed by atoms with Crippen molar-refractivity contribution < 1.29 is 23.1 Å². The van der Waals surface area contributed by atoms with Gasteiger partial charge in [-0.15, -0.1) is 0 Å². The SMILES string of the molecule is O=C(C1CC2C=CC1C2)C1CC2CCC1C2.OC(C1CC2C=CC1C2)(C1CC2CCC1C2)C(F)(F)F. The van der Waals surface area contributed by atoms with Crippen LogP contribution in [0.5, 0.6) is 0 Å². The van der Waals surface area contributed by atoms with Crippen molar-refractivity contribution in [2.45, 2.75) is 88.8 Å². The van der Waals surface area contributed by atoms with E-state index in [4.69, 9.17) is 0 Å². The predicted octanol–water partition coefficient (Wildman–Crippen LogP) is 7.13. The van der Waals surface area contributed by atoms with Crippen LogP contribution in [-0.4, -0.2) is 22.7 Å². The minimum atomic E-state index is -4.49. The van der Waals surface area contributed by atoms with E-state index in [9.17, 15) is 23.1 Å². The van der Waals surface area contributed by atoms with Crippen LogP contribution < -0.4 is 0 Å². The Morgan fingerprint density at radius 1 is 0.639 bits per heavy atom. The Hall–Kier alpha value is -1.10. The minimum absolute atomic E-state index is 0.0641. The number of Topliss-reactive ketones (excluding diaryl/α,β-unsaturated/α-hetero) is 1. The molecule has 8 aliphatic rings. The zero-order chi connectivity index (χ0) is 24.8. The van der Waals surface area contributed by atoms with Crippen LogP contribution in [0.1, 0.15) is 77.0 Å². The van der Waals surface area contributed by atoms with Crippen molar-refractivity contribution in [3.05, 3.63) is 24.3 Å². The lowest BCUT2D eigenvalue weighted by Gasteiger charge is -2.46. The largest absolute Gasteiger partial charge is 0.417 e. The standard InChI is InChI=1S/C16H21F3O.C15H20O/c17-16(18,19)15(20,13-7-9-1-3-11(13)5-9)14-8-10-2-4-12(14)6-10;16-15(13-7-9-1-3-11(13)5-9)14-8-10-2-4-12(14)6-10/h1,3,9-14,20H,2,4-8H2;1,3,9-14H,2,4-8H2. The zero-order valence-electron chi connectivity index (χ0n) is 21.2. The summed E-state index contributed by atoms with van der Waals surface area (Å²) in [6.45, 7) is 0. The van der Waals surface area contributed by atoms with Gasteiger partial charge < -0.3 is 5.11 Å². The molecule has 5 heteroatoms. The van der Waals surface area contributed by atoms with E-state index in [-0.39, 0.29) is 17.8 Å². The van der Waals surface area contributed by atoms with E-state index in [1.54, 1.807) is 0 Å². The van der Waals surface area contributed by atoms with Crippen molar-refractivity contribution in [2.75, 3.05) is 0 Å². The molecule has 8 bridgehead atoms. The monoisotopic (exact) mass is 502 g/mol. The lowest BCUT2D eigenvalue weighted by Crippen LogP contribution is -2.59. The van der Waals surface area contributed by atoms with Gasteiger partial charge in [-0.1, -0.05) is 37.1 Å². The van der Waals surface area contributed by atoms with Crippen LogP contribution in [0.2, 0.25) is 0 Å². The van der Waals surface area contributed by atoms with Gasteiger partial charge in [0.05, 0.1) is 0 Å². The maximum Gasteiger partial charge on any atom is 0.417 e. The molecule has 0 amide bonds. The third-order valence-corrected chi connectivity index (χ3v) is 12.3. The highest BCUT2D eigenvalue weighted by Crippen LogP contribution is 2.62. The molecule has 8 aliphatic carbocycles. The van der Waals surface area contributed by atoms with Gasteiger partial charge in [0.25, 0.3) is 0 Å². The summed E-state index contributed by atoms with van der Waals surface area (Å²) in [6.07, 6.45) is 16.7. The number of fused-ring (bicyclic) bond motifs is 8. The number of ketones is 1. The highest BCUT2D eigenvalue weighted by molar-refractivity contribution is 5.85. The van der Waals surface area contributed by atoms with Gasteiger partial charge in [0.2, 0.25) is 0 Å². The van der Waals surface area contributed by atoms with Crippen molar-refractivity contribution in [3.8, 4) is 0 Å². The number of halogens is 3. The first-order chi connectivity index (χ1) is 17.2. The number of hydrogen-bond donors (Lipinski definition) is 1. The van der Waals surface area contributed by atoms with Crippen LogP contribution in [-0.2, 0) is 4.79 Å². The smallest absolute Gasteiger partial charge is 0.380 e. The van der Waals surface area contributed by atoms with E-state index >= 15 is 0 Å². The average Bonchev–Trinajstić information content (AvgIpc) is 3.73. The molecule has 0 radical (unpaired) electrons. The number of rotatable bonds is 4. The van der Waals surface area contributed by atoms with Crippen LogP contribution in [0.3, 0.4) is 0 Å². The zero-order valence-corrected chi connectivity index (χ0v) is 21.2. The van der Waals surface area contributed by atoms with Gasteiger partial charge in [-0.05, 0) is 117 Å². The summed E-state index contributed by atoms with van der Waals surface area (Å²) in [5.74, 6) is 4.15. The summed E-state index contributed by atoms with van der Waals surface area (Å²) in [5.41, 5.74) is -2.45. The first-order valence-electron chi connectivity index (χ1n) is 14.9. The number of hydrogen-bond acceptors (Lipinski definition) is 2. The van der Waals surface area contributed by atoms with Crippen LogP contribution >= 0.6 is 0 Å². The molecular weight excluding hydrogens is 461 g/mol. The molecule has 0 spiro atoms.